The largest absolute Gasteiger partial charge is 0.396 e. The van der Waals surface area contributed by atoms with E-state index in [9.17, 15) is 4.79 Å². The average Bonchev–Trinajstić information content (AvgIpc) is 2.46. The monoisotopic (exact) mass is 192 g/mol. The fourth-order valence-electron chi connectivity index (χ4n) is 1.57. The summed E-state index contributed by atoms with van der Waals surface area (Å²) in [6.45, 7) is 0.500. The molecule has 0 spiro atoms. The SMILES string of the molecule is Nc1cccnc1N1CC(N)CC1=O. The third-order valence-electron chi connectivity index (χ3n) is 2.23. The molecule has 0 bridgehead atoms. The number of anilines is 2. The molecule has 1 aliphatic heterocycles. The second kappa shape index (κ2) is 3.26. The Labute approximate surface area is 81.7 Å². The summed E-state index contributed by atoms with van der Waals surface area (Å²) < 4.78 is 0. The first-order chi connectivity index (χ1) is 6.68. The summed E-state index contributed by atoms with van der Waals surface area (Å²) in [5.41, 5.74) is 11.9. The van der Waals surface area contributed by atoms with Crippen LogP contribution >= 0.6 is 0 Å². The topological polar surface area (TPSA) is 85.2 Å². The molecule has 74 valence electrons. The van der Waals surface area contributed by atoms with Crippen molar-refractivity contribution in [3.05, 3.63) is 18.3 Å². The molecule has 4 N–H and O–H groups in total. The van der Waals surface area contributed by atoms with Gasteiger partial charge in [-0.1, -0.05) is 0 Å². The average molecular weight is 192 g/mol. The molecule has 5 nitrogen and oxygen atoms in total. The number of nitrogens with two attached hydrogens (primary N) is 2. The number of pyridine rings is 1. The minimum absolute atomic E-state index is 0.0112. The van der Waals surface area contributed by atoms with Crippen molar-refractivity contribution in [2.75, 3.05) is 17.2 Å². The summed E-state index contributed by atoms with van der Waals surface area (Å²) in [5.74, 6) is 0.508. The van der Waals surface area contributed by atoms with Gasteiger partial charge in [0.05, 0.1) is 5.69 Å². The highest BCUT2D eigenvalue weighted by Crippen LogP contribution is 2.23. The van der Waals surface area contributed by atoms with Gasteiger partial charge in [0, 0.05) is 25.2 Å². The van der Waals surface area contributed by atoms with Crippen molar-refractivity contribution in [2.24, 2.45) is 5.73 Å². The van der Waals surface area contributed by atoms with Crippen LogP contribution in [0.4, 0.5) is 11.5 Å². The van der Waals surface area contributed by atoms with Gasteiger partial charge in [-0.25, -0.2) is 4.98 Å². The van der Waals surface area contributed by atoms with E-state index in [1.54, 1.807) is 23.2 Å². The van der Waals surface area contributed by atoms with Crippen molar-refractivity contribution in [3.8, 4) is 0 Å². The van der Waals surface area contributed by atoms with Gasteiger partial charge in [-0.2, -0.15) is 0 Å². The van der Waals surface area contributed by atoms with Crippen molar-refractivity contribution in [1.29, 1.82) is 0 Å². The molecule has 0 saturated carbocycles. The Kier molecular flexibility index (Phi) is 2.09. The van der Waals surface area contributed by atoms with Crippen LogP contribution in [0.15, 0.2) is 18.3 Å². The summed E-state index contributed by atoms with van der Waals surface area (Å²) >= 11 is 0. The molecule has 14 heavy (non-hydrogen) atoms. The molecule has 1 amide bonds. The third kappa shape index (κ3) is 1.42. The molecule has 1 aromatic heterocycles. The third-order valence-corrected chi connectivity index (χ3v) is 2.23. The highest BCUT2D eigenvalue weighted by molar-refractivity contribution is 5.97. The maximum Gasteiger partial charge on any atom is 0.229 e. The van der Waals surface area contributed by atoms with Crippen molar-refractivity contribution in [3.63, 3.8) is 0 Å². The Morgan fingerprint density at radius 1 is 1.57 bits per heavy atom. The summed E-state index contributed by atoms with van der Waals surface area (Å²) in [6, 6.07) is 3.35. The van der Waals surface area contributed by atoms with Crippen LogP contribution in [-0.4, -0.2) is 23.5 Å². The van der Waals surface area contributed by atoms with Crippen LogP contribution in [0.25, 0.3) is 0 Å². The van der Waals surface area contributed by atoms with E-state index in [1.807, 2.05) is 0 Å². The Hall–Kier alpha value is -1.62. The van der Waals surface area contributed by atoms with Gasteiger partial charge in [0.15, 0.2) is 5.82 Å². The molecule has 2 rings (SSSR count). The lowest BCUT2D eigenvalue weighted by Gasteiger charge is -2.16. The second-order valence-corrected chi connectivity index (χ2v) is 3.38. The second-order valence-electron chi connectivity index (χ2n) is 3.38. The molecule has 1 aromatic rings. The first-order valence-corrected chi connectivity index (χ1v) is 4.45. The van der Waals surface area contributed by atoms with Crippen LogP contribution in [-0.2, 0) is 4.79 Å². The van der Waals surface area contributed by atoms with Crippen molar-refractivity contribution in [1.82, 2.24) is 4.98 Å². The van der Waals surface area contributed by atoms with Gasteiger partial charge in [0.2, 0.25) is 5.91 Å². The zero-order valence-electron chi connectivity index (χ0n) is 7.68. The van der Waals surface area contributed by atoms with E-state index >= 15 is 0 Å². The number of aromatic nitrogens is 1. The zero-order valence-corrected chi connectivity index (χ0v) is 7.68. The summed E-state index contributed by atoms with van der Waals surface area (Å²) in [5, 5.41) is 0. The summed E-state index contributed by atoms with van der Waals surface area (Å²) in [4.78, 5) is 17.1. The van der Waals surface area contributed by atoms with Crippen molar-refractivity contribution in [2.45, 2.75) is 12.5 Å². The molecular weight excluding hydrogens is 180 g/mol. The fourth-order valence-corrected chi connectivity index (χ4v) is 1.57. The Morgan fingerprint density at radius 3 is 2.93 bits per heavy atom. The highest BCUT2D eigenvalue weighted by Gasteiger charge is 2.29. The van der Waals surface area contributed by atoms with Gasteiger partial charge >= 0.3 is 0 Å². The molecular formula is C9H12N4O. The van der Waals surface area contributed by atoms with Gasteiger partial charge in [0.1, 0.15) is 0 Å². The smallest absolute Gasteiger partial charge is 0.229 e. The minimum Gasteiger partial charge on any atom is -0.396 e. The number of carbonyl (C=O) groups is 1. The van der Waals surface area contributed by atoms with Crippen molar-refractivity contribution < 1.29 is 4.79 Å². The molecule has 0 aromatic carbocycles. The quantitative estimate of drug-likeness (QED) is 0.641. The molecule has 0 radical (unpaired) electrons. The minimum atomic E-state index is -0.107. The van der Waals surface area contributed by atoms with Crippen LogP contribution < -0.4 is 16.4 Å². The van der Waals surface area contributed by atoms with Crippen LogP contribution in [0.5, 0.6) is 0 Å². The molecule has 1 unspecified atom stereocenters. The van der Waals surface area contributed by atoms with E-state index in [-0.39, 0.29) is 11.9 Å². The van der Waals surface area contributed by atoms with Crippen molar-refractivity contribution >= 4 is 17.4 Å². The number of nitrogen functional groups attached to an aromatic ring is 1. The van der Waals surface area contributed by atoms with Gasteiger partial charge in [-0.05, 0) is 12.1 Å². The lowest BCUT2D eigenvalue weighted by atomic mass is 10.3. The maximum absolute atomic E-state index is 11.5. The normalized spacial score (nSPS) is 21.6. The van der Waals surface area contributed by atoms with Crippen LogP contribution in [0, 0.1) is 0 Å². The number of hydrogen-bond acceptors (Lipinski definition) is 4. The van der Waals surface area contributed by atoms with Gasteiger partial charge in [0.25, 0.3) is 0 Å². The Morgan fingerprint density at radius 2 is 2.36 bits per heavy atom. The van der Waals surface area contributed by atoms with Gasteiger partial charge in [-0.15, -0.1) is 0 Å². The Bertz CT molecular complexity index is 366. The van der Waals surface area contributed by atoms with Crippen LogP contribution in [0.1, 0.15) is 6.42 Å². The number of hydrogen-bond donors (Lipinski definition) is 2. The molecule has 5 heteroatoms. The highest BCUT2D eigenvalue weighted by atomic mass is 16.2. The zero-order chi connectivity index (χ0) is 10.1. The molecule has 0 aliphatic carbocycles. The number of nitrogens with zero attached hydrogens (tertiary/aromatic N) is 2. The van der Waals surface area contributed by atoms with E-state index < -0.39 is 0 Å². The molecule has 1 fully saturated rings. The van der Waals surface area contributed by atoms with E-state index in [1.165, 1.54) is 0 Å². The first kappa shape index (κ1) is 8.96. The standard InChI is InChI=1S/C9H12N4O/c10-6-4-8(14)13(5-6)9-7(11)2-1-3-12-9/h1-3,6H,4-5,10-11H2. The maximum atomic E-state index is 11.5. The predicted octanol–water partition coefficient (Wildman–Crippen LogP) is -0.272. The number of rotatable bonds is 1. The predicted molar refractivity (Wildman–Crippen MR) is 53.6 cm³/mol. The van der Waals surface area contributed by atoms with E-state index in [0.29, 0.717) is 24.5 Å². The first-order valence-electron chi connectivity index (χ1n) is 4.45. The lowest BCUT2D eigenvalue weighted by molar-refractivity contribution is -0.117. The van der Waals surface area contributed by atoms with Gasteiger partial charge in [-0.3, -0.25) is 9.69 Å². The van der Waals surface area contributed by atoms with E-state index in [0.717, 1.165) is 0 Å². The van der Waals surface area contributed by atoms with Gasteiger partial charge < -0.3 is 11.5 Å². The lowest BCUT2D eigenvalue weighted by Crippen LogP contribution is -2.29. The molecule has 1 aliphatic rings. The summed E-state index contributed by atoms with van der Waals surface area (Å²) in [7, 11) is 0. The molecule has 2 heterocycles. The summed E-state index contributed by atoms with van der Waals surface area (Å²) in [6.07, 6.45) is 1.98. The number of carbonyl (C=O) groups excluding carboxylic acids is 1. The fraction of sp³-hybridized carbons (Fsp3) is 0.333. The van der Waals surface area contributed by atoms with Crippen LogP contribution in [0.2, 0.25) is 0 Å². The van der Waals surface area contributed by atoms with E-state index in [4.69, 9.17) is 11.5 Å². The van der Waals surface area contributed by atoms with Crippen LogP contribution in [0.3, 0.4) is 0 Å². The molecule has 1 atom stereocenters. The molecule has 1 saturated heterocycles. The van der Waals surface area contributed by atoms with E-state index in [2.05, 4.69) is 4.98 Å². The Balaban J connectivity index is 2.32. The number of amides is 1.